The Bertz CT molecular complexity index is 893. The van der Waals surface area contributed by atoms with E-state index in [1.807, 2.05) is 31.2 Å². The van der Waals surface area contributed by atoms with Gasteiger partial charge >= 0.3 is 0 Å². The smallest absolute Gasteiger partial charge is 0.258 e. The van der Waals surface area contributed by atoms with Crippen molar-refractivity contribution in [3.8, 4) is 0 Å². The molecule has 0 aliphatic rings. The molecule has 0 atom stereocenters. The van der Waals surface area contributed by atoms with Gasteiger partial charge in [-0.15, -0.1) is 0 Å². The molecule has 0 bridgehead atoms. The highest BCUT2D eigenvalue weighted by Gasteiger charge is 2.12. The Morgan fingerprint density at radius 2 is 1.64 bits per heavy atom. The highest BCUT2D eigenvalue weighted by atomic mass is 35.5. The Balaban J connectivity index is 1.72. The van der Waals surface area contributed by atoms with Gasteiger partial charge < -0.3 is 10.6 Å². The molecule has 5 nitrogen and oxygen atoms in total. The molecule has 1 heterocycles. The third-order valence-electron chi connectivity index (χ3n) is 3.39. The summed E-state index contributed by atoms with van der Waals surface area (Å²) in [7, 11) is 0. The number of aryl methyl sites for hydroxylation is 1. The molecule has 2 aromatic carbocycles. The van der Waals surface area contributed by atoms with Crippen LogP contribution in [-0.4, -0.2) is 15.9 Å². The van der Waals surface area contributed by atoms with Crippen molar-refractivity contribution < 1.29 is 4.79 Å². The molecule has 0 fully saturated rings. The number of aromatic nitrogens is 2. The Kier molecular flexibility index (Phi) is 5.16. The summed E-state index contributed by atoms with van der Waals surface area (Å²) in [6, 6.07) is 12.8. The molecule has 0 unspecified atom stereocenters. The number of anilines is 3. The zero-order valence-electron chi connectivity index (χ0n) is 13.3. The summed E-state index contributed by atoms with van der Waals surface area (Å²) in [6.45, 7) is 2.00. The van der Waals surface area contributed by atoms with Gasteiger partial charge in [0.2, 0.25) is 5.95 Å². The lowest BCUT2D eigenvalue weighted by Crippen LogP contribution is -2.13. The summed E-state index contributed by atoms with van der Waals surface area (Å²) >= 11 is 12.1. The van der Waals surface area contributed by atoms with Gasteiger partial charge in [0.25, 0.3) is 5.91 Å². The van der Waals surface area contributed by atoms with Crippen LogP contribution >= 0.6 is 23.2 Å². The topological polar surface area (TPSA) is 66.9 Å². The summed E-state index contributed by atoms with van der Waals surface area (Å²) in [4.78, 5) is 20.6. The van der Waals surface area contributed by atoms with Gasteiger partial charge in [0, 0.05) is 18.1 Å². The fourth-order valence-electron chi connectivity index (χ4n) is 2.16. The van der Waals surface area contributed by atoms with Crippen molar-refractivity contribution in [3.63, 3.8) is 0 Å². The van der Waals surface area contributed by atoms with Crippen LogP contribution in [0, 0.1) is 6.92 Å². The molecule has 25 heavy (non-hydrogen) atoms. The first-order valence-corrected chi connectivity index (χ1v) is 8.19. The maximum absolute atomic E-state index is 12.3. The van der Waals surface area contributed by atoms with E-state index in [9.17, 15) is 4.79 Å². The van der Waals surface area contributed by atoms with E-state index in [0.29, 0.717) is 27.2 Å². The molecule has 2 N–H and O–H groups in total. The largest absolute Gasteiger partial charge is 0.324 e. The van der Waals surface area contributed by atoms with E-state index in [-0.39, 0.29) is 0 Å². The molecule has 0 saturated heterocycles. The number of benzene rings is 2. The number of hydrogen-bond acceptors (Lipinski definition) is 4. The second kappa shape index (κ2) is 7.51. The van der Waals surface area contributed by atoms with E-state index in [1.54, 1.807) is 18.2 Å². The molecule has 126 valence electrons. The highest BCUT2D eigenvalue weighted by Crippen LogP contribution is 2.30. The summed E-state index contributed by atoms with van der Waals surface area (Å²) in [5, 5.41) is 6.47. The lowest BCUT2D eigenvalue weighted by molar-refractivity contribution is 0.102. The van der Waals surface area contributed by atoms with E-state index in [2.05, 4.69) is 20.6 Å². The van der Waals surface area contributed by atoms with Crippen LogP contribution in [0.3, 0.4) is 0 Å². The van der Waals surface area contributed by atoms with Crippen molar-refractivity contribution in [2.45, 2.75) is 6.92 Å². The summed E-state index contributed by atoms with van der Waals surface area (Å²) in [5.41, 5.74) is 2.65. The fraction of sp³-hybridized carbons (Fsp3) is 0.0556. The maximum Gasteiger partial charge on any atom is 0.258 e. The van der Waals surface area contributed by atoms with Gasteiger partial charge in [-0.1, -0.05) is 41.4 Å². The SMILES string of the molecule is Cc1cccc(Nc2ncc(C(=O)Nc3c(Cl)cccc3Cl)cn2)c1. The van der Waals surface area contributed by atoms with E-state index >= 15 is 0 Å². The Morgan fingerprint density at radius 1 is 1.00 bits per heavy atom. The van der Waals surface area contributed by atoms with Gasteiger partial charge in [0.15, 0.2) is 0 Å². The van der Waals surface area contributed by atoms with Gasteiger partial charge in [-0.25, -0.2) is 9.97 Å². The molecule has 1 aromatic heterocycles. The van der Waals surface area contributed by atoms with Crippen molar-refractivity contribution in [1.82, 2.24) is 9.97 Å². The van der Waals surface area contributed by atoms with Crippen LogP contribution < -0.4 is 10.6 Å². The van der Waals surface area contributed by atoms with Crippen LogP contribution in [0.4, 0.5) is 17.3 Å². The predicted octanol–water partition coefficient (Wildman–Crippen LogP) is 5.09. The number of nitrogens with zero attached hydrogens (tertiary/aromatic N) is 2. The number of hydrogen-bond donors (Lipinski definition) is 2. The summed E-state index contributed by atoms with van der Waals surface area (Å²) < 4.78 is 0. The zero-order chi connectivity index (χ0) is 17.8. The standard InChI is InChI=1S/C18H14Cl2N4O/c1-11-4-2-5-13(8-11)23-18-21-9-12(10-22-18)17(25)24-16-14(19)6-3-7-15(16)20/h2-10H,1H3,(H,24,25)(H,21,22,23). The minimum atomic E-state index is -0.392. The molecular weight excluding hydrogens is 359 g/mol. The molecule has 3 aromatic rings. The molecule has 0 aliphatic heterocycles. The average Bonchev–Trinajstić information content (AvgIpc) is 2.59. The van der Waals surface area contributed by atoms with Gasteiger partial charge in [-0.2, -0.15) is 0 Å². The molecule has 0 saturated carbocycles. The van der Waals surface area contributed by atoms with E-state index in [0.717, 1.165) is 11.3 Å². The molecule has 3 rings (SSSR count). The molecule has 7 heteroatoms. The van der Waals surface area contributed by atoms with E-state index in [1.165, 1.54) is 12.4 Å². The first-order valence-electron chi connectivity index (χ1n) is 7.44. The lowest BCUT2D eigenvalue weighted by atomic mass is 10.2. The van der Waals surface area contributed by atoms with Crippen molar-refractivity contribution in [2.75, 3.05) is 10.6 Å². The fourth-order valence-corrected chi connectivity index (χ4v) is 2.66. The number of carbonyl (C=O) groups is 1. The molecular formula is C18H14Cl2N4O. The summed E-state index contributed by atoms with van der Waals surface area (Å²) in [5.74, 6) is 0.00929. The number of rotatable bonds is 4. The van der Waals surface area contributed by atoms with Crippen LogP contribution in [0.25, 0.3) is 0 Å². The molecule has 1 amide bonds. The predicted molar refractivity (Wildman–Crippen MR) is 101 cm³/mol. The van der Waals surface area contributed by atoms with Crippen LogP contribution in [0.2, 0.25) is 10.0 Å². The number of carbonyl (C=O) groups excluding carboxylic acids is 1. The number of amides is 1. The first kappa shape index (κ1) is 17.2. The lowest BCUT2D eigenvalue weighted by Gasteiger charge is -2.09. The van der Waals surface area contributed by atoms with E-state index in [4.69, 9.17) is 23.2 Å². The van der Waals surface area contributed by atoms with Gasteiger partial charge in [0.05, 0.1) is 21.3 Å². The van der Waals surface area contributed by atoms with Crippen molar-refractivity contribution in [3.05, 3.63) is 76.0 Å². The summed E-state index contributed by atoms with van der Waals surface area (Å²) in [6.07, 6.45) is 2.87. The Hall–Kier alpha value is -2.63. The average molecular weight is 373 g/mol. The third-order valence-corrected chi connectivity index (χ3v) is 4.02. The van der Waals surface area contributed by atoms with E-state index < -0.39 is 5.91 Å². The maximum atomic E-state index is 12.3. The van der Waals surface area contributed by atoms with Crippen LogP contribution in [0.1, 0.15) is 15.9 Å². The molecule has 0 aliphatic carbocycles. The van der Waals surface area contributed by atoms with Crippen LogP contribution in [0.15, 0.2) is 54.9 Å². The number of para-hydroxylation sites is 1. The van der Waals surface area contributed by atoms with Crippen molar-refractivity contribution in [2.24, 2.45) is 0 Å². The van der Waals surface area contributed by atoms with Crippen LogP contribution in [0.5, 0.6) is 0 Å². The third kappa shape index (κ3) is 4.26. The van der Waals surface area contributed by atoms with Gasteiger partial charge in [-0.05, 0) is 36.8 Å². The number of nitrogens with one attached hydrogen (secondary N) is 2. The van der Waals surface area contributed by atoms with Crippen molar-refractivity contribution >= 4 is 46.4 Å². The van der Waals surface area contributed by atoms with Gasteiger partial charge in [-0.3, -0.25) is 4.79 Å². The second-order valence-corrected chi connectivity index (χ2v) is 6.16. The first-order chi connectivity index (χ1) is 12.0. The zero-order valence-corrected chi connectivity index (χ0v) is 14.8. The second-order valence-electron chi connectivity index (χ2n) is 5.34. The minimum Gasteiger partial charge on any atom is -0.324 e. The minimum absolute atomic E-state index is 0.297. The monoisotopic (exact) mass is 372 g/mol. The number of halogens is 2. The molecule has 0 spiro atoms. The Morgan fingerprint density at radius 3 is 2.28 bits per heavy atom. The normalized spacial score (nSPS) is 10.4. The quantitative estimate of drug-likeness (QED) is 0.669. The van der Waals surface area contributed by atoms with Gasteiger partial charge in [0.1, 0.15) is 0 Å². The Labute approximate surface area is 155 Å². The van der Waals surface area contributed by atoms with Crippen molar-refractivity contribution in [1.29, 1.82) is 0 Å². The highest BCUT2D eigenvalue weighted by molar-refractivity contribution is 6.40. The molecule has 0 radical (unpaired) electrons. The van der Waals surface area contributed by atoms with Crippen LogP contribution in [-0.2, 0) is 0 Å².